The number of hydrogen-bond acceptors (Lipinski definition) is 4. The number of aromatic nitrogens is 1. The van der Waals surface area contributed by atoms with Gasteiger partial charge in [-0.25, -0.2) is 9.37 Å². The van der Waals surface area contributed by atoms with Crippen molar-refractivity contribution in [3.8, 4) is 0 Å². The fourth-order valence-electron chi connectivity index (χ4n) is 1.91. The molecule has 1 aliphatic rings. The van der Waals surface area contributed by atoms with E-state index < -0.39 is 11.7 Å². The van der Waals surface area contributed by atoms with Gasteiger partial charge in [0.05, 0.1) is 5.56 Å². The SMILES string of the molecule is Nc1nccc(C(=O)NCC2CCCCS2)c1F. The number of nitrogens with zero attached hydrogens (tertiary/aromatic N) is 1. The highest BCUT2D eigenvalue weighted by molar-refractivity contribution is 7.99. The Morgan fingerprint density at radius 1 is 1.61 bits per heavy atom. The van der Waals surface area contributed by atoms with E-state index in [4.69, 9.17) is 5.73 Å². The van der Waals surface area contributed by atoms with Gasteiger partial charge in [0.2, 0.25) is 0 Å². The zero-order chi connectivity index (χ0) is 13.0. The summed E-state index contributed by atoms with van der Waals surface area (Å²) in [7, 11) is 0. The Kier molecular flexibility index (Phi) is 4.41. The lowest BCUT2D eigenvalue weighted by molar-refractivity contribution is 0.0949. The molecule has 1 unspecified atom stereocenters. The Bertz CT molecular complexity index is 435. The second-order valence-electron chi connectivity index (χ2n) is 4.26. The minimum Gasteiger partial charge on any atom is -0.381 e. The quantitative estimate of drug-likeness (QED) is 0.878. The Morgan fingerprint density at radius 3 is 3.17 bits per heavy atom. The summed E-state index contributed by atoms with van der Waals surface area (Å²) in [5, 5.41) is 3.19. The first-order valence-electron chi connectivity index (χ1n) is 5.98. The fraction of sp³-hybridized carbons (Fsp3) is 0.500. The lowest BCUT2D eigenvalue weighted by atomic mass is 10.2. The van der Waals surface area contributed by atoms with Crippen LogP contribution in [0.25, 0.3) is 0 Å². The molecule has 6 heteroatoms. The highest BCUT2D eigenvalue weighted by Crippen LogP contribution is 2.24. The molecule has 0 aromatic carbocycles. The van der Waals surface area contributed by atoms with Crippen LogP contribution in [0.1, 0.15) is 29.6 Å². The van der Waals surface area contributed by atoms with E-state index >= 15 is 0 Å². The zero-order valence-electron chi connectivity index (χ0n) is 9.99. The molecule has 3 N–H and O–H groups in total. The van der Waals surface area contributed by atoms with Crippen LogP contribution in [0.2, 0.25) is 0 Å². The fourth-order valence-corrected chi connectivity index (χ4v) is 3.14. The van der Waals surface area contributed by atoms with Crippen molar-refractivity contribution in [2.45, 2.75) is 24.5 Å². The number of hydrogen-bond donors (Lipinski definition) is 2. The van der Waals surface area contributed by atoms with Crippen molar-refractivity contribution in [2.75, 3.05) is 18.0 Å². The molecule has 0 radical (unpaired) electrons. The van der Waals surface area contributed by atoms with Gasteiger partial charge in [0.25, 0.3) is 5.91 Å². The number of nitrogens with one attached hydrogen (secondary N) is 1. The number of amides is 1. The second kappa shape index (κ2) is 6.04. The van der Waals surface area contributed by atoms with Crippen LogP contribution in [-0.4, -0.2) is 28.4 Å². The normalized spacial score (nSPS) is 19.5. The molecule has 4 nitrogen and oxygen atoms in total. The van der Waals surface area contributed by atoms with Gasteiger partial charge in [0.1, 0.15) is 0 Å². The lowest BCUT2D eigenvalue weighted by Gasteiger charge is -2.21. The van der Waals surface area contributed by atoms with Crippen LogP contribution in [0.4, 0.5) is 10.2 Å². The average Bonchev–Trinajstić information content (AvgIpc) is 2.40. The molecule has 0 bridgehead atoms. The zero-order valence-corrected chi connectivity index (χ0v) is 10.8. The molecule has 0 saturated carbocycles. The molecule has 98 valence electrons. The molecule has 2 rings (SSSR count). The van der Waals surface area contributed by atoms with Gasteiger partial charge in [0.15, 0.2) is 11.6 Å². The van der Waals surface area contributed by atoms with Gasteiger partial charge in [-0.15, -0.1) is 0 Å². The number of nitrogens with two attached hydrogens (primary N) is 1. The largest absolute Gasteiger partial charge is 0.381 e. The number of halogens is 1. The molecule has 18 heavy (non-hydrogen) atoms. The summed E-state index contributed by atoms with van der Waals surface area (Å²) >= 11 is 1.86. The Balaban J connectivity index is 1.93. The molecule has 2 heterocycles. The minimum atomic E-state index is -0.744. The highest BCUT2D eigenvalue weighted by Gasteiger charge is 2.18. The number of nitrogen functional groups attached to an aromatic ring is 1. The summed E-state index contributed by atoms with van der Waals surface area (Å²) in [6.45, 7) is 0.575. The molecule has 1 aromatic heterocycles. The summed E-state index contributed by atoms with van der Waals surface area (Å²) in [4.78, 5) is 15.4. The topological polar surface area (TPSA) is 68.0 Å². The number of pyridine rings is 1. The van der Waals surface area contributed by atoms with Crippen molar-refractivity contribution in [3.63, 3.8) is 0 Å². The predicted molar refractivity (Wildman–Crippen MR) is 71.0 cm³/mol. The van der Waals surface area contributed by atoms with E-state index in [0.29, 0.717) is 11.8 Å². The monoisotopic (exact) mass is 269 g/mol. The number of carbonyl (C=O) groups excluding carboxylic acids is 1. The molecule has 1 aliphatic heterocycles. The van der Waals surface area contributed by atoms with Crippen LogP contribution < -0.4 is 11.1 Å². The van der Waals surface area contributed by atoms with Gasteiger partial charge >= 0.3 is 0 Å². The summed E-state index contributed by atoms with van der Waals surface area (Å²) in [5.41, 5.74) is 5.29. The molecular weight excluding hydrogens is 253 g/mol. The summed E-state index contributed by atoms with van der Waals surface area (Å²) in [5.74, 6) is -0.273. The van der Waals surface area contributed by atoms with Crippen LogP contribution in [-0.2, 0) is 0 Å². The molecule has 0 spiro atoms. The summed E-state index contributed by atoms with van der Waals surface area (Å²) < 4.78 is 13.6. The number of thioether (sulfide) groups is 1. The van der Waals surface area contributed by atoms with E-state index in [2.05, 4.69) is 10.3 Å². The maximum Gasteiger partial charge on any atom is 0.254 e. The van der Waals surface area contributed by atoms with Crippen molar-refractivity contribution < 1.29 is 9.18 Å². The third-order valence-electron chi connectivity index (χ3n) is 2.93. The van der Waals surface area contributed by atoms with Crippen LogP contribution >= 0.6 is 11.8 Å². The molecule has 0 aliphatic carbocycles. The van der Waals surface area contributed by atoms with E-state index in [-0.39, 0.29) is 11.4 Å². The first-order chi connectivity index (χ1) is 8.68. The van der Waals surface area contributed by atoms with Crippen molar-refractivity contribution in [2.24, 2.45) is 0 Å². The minimum absolute atomic E-state index is 0.0386. The number of anilines is 1. The van der Waals surface area contributed by atoms with E-state index in [1.165, 1.54) is 25.1 Å². The highest BCUT2D eigenvalue weighted by atomic mass is 32.2. The number of rotatable bonds is 3. The molecule has 1 amide bonds. The van der Waals surface area contributed by atoms with E-state index in [1.54, 1.807) is 0 Å². The smallest absolute Gasteiger partial charge is 0.254 e. The first kappa shape index (κ1) is 13.1. The third-order valence-corrected chi connectivity index (χ3v) is 4.32. The molecular formula is C12H16FN3OS. The van der Waals surface area contributed by atoms with Crippen molar-refractivity contribution in [3.05, 3.63) is 23.6 Å². The molecule has 1 saturated heterocycles. The number of carbonyl (C=O) groups is 1. The van der Waals surface area contributed by atoms with Gasteiger partial charge in [-0.1, -0.05) is 6.42 Å². The van der Waals surface area contributed by atoms with Crippen LogP contribution in [0.15, 0.2) is 12.3 Å². The molecule has 1 fully saturated rings. The van der Waals surface area contributed by atoms with Crippen molar-refractivity contribution in [1.29, 1.82) is 0 Å². The van der Waals surface area contributed by atoms with E-state index in [0.717, 1.165) is 12.2 Å². The molecule has 1 aromatic rings. The Morgan fingerprint density at radius 2 is 2.44 bits per heavy atom. The Labute approximate surface area is 110 Å². The van der Waals surface area contributed by atoms with E-state index in [9.17, 15) is 9.18 Å². The lowest BCUT2D eigenvalue weighted by Crippen LogP contribution is -2.32. The van der Waals surface area contributed by atoms with E-state index in [1.807, 2.05) is 11.8 Å². The Hall–Kier alpha value is -1.30. The predicted octanol–water partition coefficient (Wildman–Crippen LogP) is 1.82. The third kappa shape index (κ3) is 3.13. The second-order valence-corrected chi connectivity index (χ2v) is 5.66. The standard InChI is InChI=1S/C12H16FN3OS/c13-10-9(4-5-15-11(10)14)12(17)16-7-8-3-1-2-6-18-8/h4-5,8H,1-3,6-7H2,(H2,14,15)(H,16,17). The average molecular weight is 269 g/mol. The van der Waals surface area contributed by atoms with Crippen LogP contribution in [0, 0.1) is 5.82 Å². The summed E-state index contributed by atoms with van der Waals surface area (Å²) in [6.07, 6.45) is 4.88. The maximum absolute atomic E-state index is 13.6. The van der Waals surface area contributed by atoms with Gasteiger partial charge < -0.3 is 11.1 Å². The van der Waals surface area contributed by atoms with Crippen LogP contribution in [0.5, 0.6) is 0 Å². The maximum atomic E-state index is 13.6. The van der Waals surface area contributed by atoms with Gasteiger partial charge in [-0.2, -0.15) is 11.8 Å². The van der Waals surface area contributed by atoms with Crippen LogP contribution in [0.3, 0.4) is 0 Å². The van der Waals surface area contributed by atoms with Gasteiger partial charge in [-0.3, -0.25) is 4.79 Å². The summed E-state index contributed by atoms with van der Waals surface area (Å²) in [6, 6.07) is 1.34. The van der Waals surface area contributed by atoms with Crippen molar-refractivity contribution >= 4 is 23.5 Å². The van der Waals surface area contributed by atoms with Gasteiger partial charge in [0, 0.05) is 18.0 Å². The molecule has 1 atom stereocenters. The first-order valence-corrected chi connectivity index (χ1v) is 7.03. The van der Waals surface area contributed by atoms with Gasteiger partial charge in [-0.05, 0) is 24.7 Å². The van der Waals surface area contributed by atoms with Crippen molar-refractivity contribution in [1.82, 2.24) is 10.3 Å².